The van der Waals surface area contributed by atoms with Crippen molar-refractivity contribution in [2.75, 3.05) is 5.73 Å². The largest absolute Gasteiger partial charge is 0.385 e. The summed E-state index contributed by atoms with van der Waals surface area (Å²) in [5.41, 5.74) is 6.06. The second kappa shape index (κ2) is 4.23. The number of nitrogens with one attached hydrogen (secondary N) is 2. The Morgan fingerprint density at radius 1 is 1.46 bits per heavy atom. The Bertz CT molecular complexity index is 393. The van der Waals surface area contributed by atoms with E-state index in [2.05, 4.69) is 16.9 Å². The zero-order chi connectivity index (χ0) is 9.84. The van der Waals surface area contributed by atoms with Gasteiger partial charge in [0.1, 0.15) is 5.82 Å². The molecule has 0 aliphatic rings. The first kappa shape index (κ1) is 9.98. The summed E-state index contributed by atoms with van der Waals surface area (Å²) >= 11 is 4.77. The Balaban J connectivity index is 3.07. The van der Waals surface area contributed by atoms with E-state index in [1.165, 1.54) is 0 Å². The predicted molar refractivity (Wildman–Crippen MR) is 55.3 cm³/mol. The number of hydrogen-bond acceptors (Lipinski definition) is 3. The van der Waals surface area contributed by atoms with Gasteiger partial charge in [0.25, 0.3) is 5.56 Å². The van der Waals surface area contributed by atoms with Crippen LogP contribution in [0.2, 0.25) is 0 Å². The molecule has 4 nitrogen and oxygen atoms in total. The van der Waals surface area contributed by atoms with Crippen molar-refractivity contribution in [3.05, 3.63) is 20.7 Å². The van der Waals surface area contributed by atoms with E-state index in [-0.39, 0.29) is 10.3 Å². The van der Waals surface area contributed by atoms with Crippen molar-refractivity contribution in [2.45, 2.75) is 26.2 Å². The van der Waals surface area contributed by atoms with Gasteiger partial charge in [0.2, 0.25) is 0 Å². The summed E-state index contributed by atoms with van der Waals surface area (Å²) in [7, 11) is 0. The van der Waals surface area contributed by atoms with Gasteiger partial charge < -0.3 is 10.7 Å². The molecule has 5 heteroatoms. The van der Waals surface area contributed by atoms with E-state index in [4.69, 9.17) is 18.0 Å². The molecule has 0 saturated heterocycles. The van der Waals surface area contributed by atoms with Crippen LogP contribution in [0.4, 0.5) is 5.82 Å². The van der Waals surface area contributed by atoms with Gasteiger partial charge in [0, 0.05) is 0 Å². The molecule has 0 aliphatic carbocycles. The Hall–Kier alpha value is -1.10. The van der Waals surface area contributed by atoms with Crippen molar-refractivity contribution in [1.29, 1.82) is 0 Å². The smallest absolute Gasteiger partial charge is 0.256 e. The molecule has 0 radical (unpaired) electrons. The molecular formula is C8H13N3OS. The van der Waals surface area contributed by atoms with Crippen molar-refractivity contribution in [2.24, 2.45) is 0 Å². The van der Waals surface area contributed by atoms with E-state index < -0.39 is 0 Å². The molecule has 0 saturated carbocycles. The molecule has 0 fully saturated rings. The van der Waals surface area contributed by atoms with Gasteiger partial charge in [-0.3, -0.25) is 9.78 Å². The quantitative estimate of drug-likeness (QED) is 0.643. The van der Waals surface area contributed by atoms with E-state index in [1.807, 2.05) is 0 Å². The van der Waals surface area contributed by atoms with Gasteiger partial charge in [-0.1, -0.05) is 13.3 Å². The Morgan fingerprint density at radius 2 is 2.15 bits per heavy atom. The highest BCUT2D eigenvalue weighted by Gasteiger charge is 2.03. The number of rotatable bonds is 3. The van der Waals surface area contributed by atoms with Crippen LogP contribution >= 0.6 is 12.2 Å². The van der Waals surface area contributed by atoms with Crippen molar-refractivity contribution < 1.29 is 0 Å². The summed E-state index contributed by atoms with van der Waals surface area (Å²) < 4.78 is 0.280. The lowest BCUT2D eigenvalue weighted by Gasteiger charge is -2.02. The molecule has 13 heavy (non-hydrogen) atoms. The number of aromatic nitrogens is 2. The van der Waals surface area contributed by atoms with Crippen molar-refractivity contribution >= 4 is 18.0 Å². The fourth-order valence-corrected chi connectivity index (χ4v) is 1.33. The first-order valence-electron chi connectivity index (χ1n) is 4.26. The van der Waals surface area contributed by atoms with Gasteiger partial charge in [-0.05, 0) is 25.1 Å². The van der Waals surface area contributed by atoms with E-state index in [1.54, 1.807) is 0 Å². The summed E-state index contributed by atoms with van der Waals surface area (Å²) in [4.78, 5) is 16.6. The van der Waals surface area contributed by atoms with Crippen LogP contribution in [-0.2, 0) is 6.42 Å². The Morgan fingerprint density at radius 3 is 2.69 bits per heavy atom. The third kappa shape index (κ3) is 2.42. The molecular weight excluding hydrogens is 186 g/mol. The van der Waals surface area contributed by atoms with Gasteiger partial charge in [-0.2, -0.15) is 0 Å². The minimum Gasteiger partial charge on any atom is -0.385 e. The molecule has 0 atom stereocenters. The first-order chi connectivity index (χ1) is 6.15. The van der Waals surface area contributed by atoms with Crippen LogP contribution in [-0.4, -0.2) is 9.97 Å². The number of aromatic amines is 2. The summed E-state index contributed by atoms with van der Waals surface area (Å²) in [5, 5.41) is 0. The maximum Gasteiger partial charge on any atom is 0.256 e. The molecule has 0 aromatic carbocycles. The number of H-pyrrole nitrogens is 2. The Labute approximate surface area is 81.2 Å². The average molecular weight is 199 g/mol. The van der Waals surface area contributed by atoms with Crippen LogP contribution in [0.3, 0.4) is 0 Å². The molecule has 1 aromatic heterocycles. The zero-order valence-corrected chi connectivity index (χ0v) is 8.33. The highest BCUT2D eigenvalue weighted by Crippen LogP contribution is 2.05. The predicted octanol–water partition coefficient (Wildman–Crippen LogP) is 1.36. The molecule has 0 aliphatic heterocycles. The third-order valence-corrected chi connectivity index (χ3v) is 2.06. The van der Waals surface area contributed by atoms with Crippen LogP contribution in [0.15, 0.2) is 4.79 Å². The van der Waals surface area contributed by atoms with Crippen molar-refractivity contribution in [1.82, 2.24) is 9.97 Å². The fraction of sp³-hybridized carbons (Fsp3) is 0.500. The number of anilines is 1. The number of hydrogen-bond donors (Lipinski definition) is 3. The minimum atomic E-state index is -0.172. The SMILES string of the molecule is CCCCc1c(N)[nH]c(=S)[nH]c1=O. The second-order valence-corrected chi connectivity index (χ2v) is 3.31. The molecule has 1 rings (SSSR count). The van der Waals surface area contributed by atoms with Gasteiger partial charge in [-0.25, -0.2) is 0 Å². The normalized spacial score (nSPS) is 10.2. The zero-order valence-electron chi connectivity index (χ0n) is 7.52. The Kier molecular flexibility index (Phi) is 3.25. The standard InChI is InChI=1S/C8H13N3OS/c1-2-3-4-5-6(9)10-8(13)11-7(5)12/h2-4H2,1H3,(H4,9,10,11,12,13). The average Bonchev–Trinajstić information content (AvgIpc) is 2.02. The molecule has 0 spiro atoms. The second-order valence-electron chi connectivity index (χ2n) is 2.90. The van der Waals surface area contributed by atoms with Crippen molar-refractivity contribution in [3.63, 3.8) is 0 Å². The highest BCUT2D eigenvalue weighted by molar-refractivity contribution is 7.71. The van der Waals surface area contributed by atoms with Gasteiger partial charge in [0.15, 0.2) is 4.77 Å². The van der Waals surface area contributed by atoms with Crippen LogP contribution < -0.4 is 11.3 Å². The topological polar surface area (TPSA) is 74.7 Å². The molecule has 0 bridgehead atoms. The number of nitrogen functional groups attached to an aromatic ring is 1. The monoisotopic (exact) mass is 199 g/mol. The molecule has 0 unspecified atom stereocenters. The third-order valence-electron chi connectivity index (χ3n) is 1.85. The molecule has 72 valence electrons. The van der Waals surface area contributed by atoms with Crippen LogP contribution in [0.25, 0.3) is 0 Å². The van der Waals surface area contributed by atoms with Crippen LogP contribution in [0, 0.1) is 4.77 Å². The van der Waals surface area contributed by atoms with Crippen LogP contribution in [0.5, 0.6) is 0 Å². The molecule has 0 amide bonds. The lowest BCUT2D eigenvalue weighted by Crippen LogP contribution is -2.17. The van der Waals surface area contributed by atoms with E-state index in [0.29, 0.717) is 17.8 Å². The summed E-state index contributed by atoms with van der Waals surface area (Å²) in [6, 6.07) is 0. The first-order valence-corrected chi connectivity index (χ1v) is 4.67. The lowest BCUT2D eigenvalue weighted by atomic mass is 10.1. The molecule has 1 heterocycles. The van der Waals surface area contributed by atoms with Gasteiger partial charge >= 0.3 is 0 Å². The van der Waals surface area contributed by atoms with E-state index in [9.17, 15) is 4.79 Å². The summed E-state index contributed by atoms with van der Waals surface area (Å²) in [6.45, 7) is 2.07. The maximum atomic E-state index is 11.3. The van der Waals surface area contributed by atoms with Crippen molar-refractivity contribution in [3.8, 4) is 0 Å². The van der Waals surface area contributed by atoms with E-state index >= 15 is 0 Å². The molecule has 4 N–H and O–H groups in total. The maximum absolute atomic E-state index is 11.3. The number of nitrogens with two attached hydrogens (primary N) is 1. The van der Waals surface area contributed by atoms with Crippen LogP contribution in [0.1, 0.15) is 25.3 Å². The fourth-order valence-electron chi connectivity index (χ4n) is 1.13. The summed E-state index contributed by atoms with van der Waals surface area (Å²) in [6.07, 6.45) is 2.69. The summed E-state index contributed by atoms with van der Waals surface area (Å²) in [5.74, 6) is 0.391. The van der Waals surface area contributed by atoms with Gasteiger partial charge in [0.05, 0.1) is 5.56 Å². The van der Waals surface area contributed by atoms with Gasteiger partial charge in [-0.15, -0.1) is 0 Å². The van der Waals surface area contributed by atoms with E-state index in [0.717, 1.165) is 12.8 Å². The minimum absolute atomic E-state index is 0.172. The highest BCUT2D eigenvalue weighted by atomic mass is 32.1. The number of unbranched alkanes of at least 4 members (excludes halogenated alkanes) is 1. The lowest BCUT2D eigenvalue weighted by molar-refractivity contribution is 0.783. The molecule has 1 aromatic rings.